The molecule has 1 N–H and O–H groups in total. The Bertz CT molecular complexity index is 1310. The van der Waals surface area contributed by atoms with Crippen LogP contribution in [0.15, 0.2) is 65.1 Å². The van der Waals surface area contributed by atoms with Gasteiger partial charge in [0, 0.05) is 15.3 Å². The number of carbonyl (C=O) groups excluding carboxylic acids is 1. The first-order valence-corrected chi connectivity index (χ1v) is 10.4. The van der Waals surface area contributed by atoms with Crippen LogP contribution in [0.25, 0.3) is 22.6 Å². The summed E-state index contributed by atoms with van der Waals surface area (Å²) in [5.74, 6) is -0.0720. The zero-order valence-corrected chi connectivity index (χ0v) is 18.6. The molecule has 4 aromatic rings. The van der Waals surface area contributed by atoms with Gasteiger partial charge in [-0.2, -0.15) is 0 Å². The number of hydrogen-bond acceptors (Lipinski definition) is 6. The number of para-hydroxylation sites is 2. The number of ether oxygens (including phenoxy) is 1. The first kappa shape index (κ1) is 21.1. The van der Waals surface area contributed by atoms with Crippen molar-refractivity contribution in [3.8, 4) is 17.2 Å². The van der Waals surface area contributed by atoms with E-state index in [-0.39, 0.29) is 18.0 Å². The normalized spacial score (nSPS) is 10.8. The molecule has 0 fully saturated rings. The summed E-state index contributed by atoms with van der Waals surface area (Å²) in [6.07, 6.45) is 0. The van der Waals surface area contributed by atoms with Crippen LogP contribution in [0, 0.1) is 13.7 Å². The second-order valence-electron chi connectivity index (χ2n) is 6.39. The van der Waals surface area contributed by atoms with E-state index in [1.807, 2.05) is 12.1 Å². The van der Waals surface area contributed by atoms with E-state index in [0.29, 0.717) is 33.3 Å². The first-order chi connectivity index (χ1) is 14.9. The van der Waals surface area contributed by atoms with Gasteiger partial charge in [-0.25, -0.2) is 4.98 Å². The highest BCUT2D eigenvalue weighted by molar-refractivity contribution is 14.1. The van der Waals surface area contributed by atoms with Crippen molar-refractivity contribution >= 4 is 62.6 Å². The van der Waals surface area contributed by atoms with Gasteiger partial charge in [0.2, 0.25) is 5.89 Å². The average molecular weight is 550 g/mol. The van der Waals surface area contributed by atoms with Crippen molar-refractivity contribution in [3.63, 3.8) is 0 Å². The molecule has 1 aromatic heterocycles. The zero-order chi connectivity index (χ0) is 22.0. The smallest absolute Gasteiger partial charge is 0.310 e. The fourth-order valence-electron chi connectivity index (χ4n) is 2.85. The van der Waals surface area contributed by atoms with Gasteiger partial charge in [-0.3, -0.25) is 14.9 Å². The lowest BCUT2D eigenvalue weighted by molar-refractivity contribution is -0.385. The summed E-state index contributed by atoms with van der Waals surface area (Å²) in [5.41, 5.74) is 2.04. The largest absolute Gasteiger partial charge is 0.477 e. The predicted molar refractivity (Wildman–Crippen MR) is 124 cm³/mol. The van der Waals surface area contributed by atoms with Crippen molar-refractivity contribution in [2.24, 2.45) is 0 Å². The van der Waals surface area contributed by atoms with E-state index in [9.17, 15) is 14.9 Å². The lowest BCUT2D eigenvalue weighted by Crippen LogP contribution is -2.20. The minimum atomic E-state index is -0.566. The minimum absolute atomic E-state index is 0.0219. The van der Waals surface area contributed by atoms with Crippen molar-refractivity contribution in [1.29, 1.82) is 0 Å². The highest BCUT2D eigenvalue weighted by Gasteiger charge is 2.16. The Morgan fingerprint density at radius 2 is 2.00 bits per heavy atom. The molecule has 0 aliphatic heterocycles. The number of hydrogen-bond donors (Lipinski definition) is 1. The number of nitro groups is 1. The topological polar surface area (TPSA) is 108 Å². The third-order valence-corrected chi connectivity index (χ3v) is 5.25. The highest BCUT2D eigenvalue weighted by atomic mass is 127. The summed E-state index contributed by atoms with van der Waals surface area (Å²) >= 11 is 8.44. The second-order valence-corrected chi connectivity index (χ2v) is 8.04. The van der Waals surface area contributed by atoms with Gasteiger partial charge in [0.1, 0.15) is 5.52 Å². The highest BCUT2D eigenvalue weighted by Crippen LogP contribution is 2.32. The second kappa shape index (κ2) is 8.90. The van der Waals surface area contributed by atoms with Crippen molar-refractivity contribution < 1.29 is 18.9 Å². The Morgan fingerprint density at radius 3 is 2.81 bits per heavy atom. The number of fused-ring (bicyclic) bond motifs is 1. The average Bonchev–Trinajstić information content (AvgIpc) is 3.17. The lowest BCUT2D eigenvalue weighted by Gasteiger charge is -2.07. The van der Waals surface area contributed by atoms with Crippen LogP contribution in [0.5, 0.6) is 5.75 Å². The van der Waals surface area contributed by atoms with E-state index in [2.05, 4.69) is 32.9 Å². The molecule has 31 heavy (non-hydrogen) atoms. The van der Waals surface area contributed by atoms with Gasteiger partial charge in [0.15, 0.2) is 17.9 Å². The Morgan fingerprint density at radius 1 is 1.19 bits per heavy atom. The number of anilines is 1. The quantitative estimate of drug-likeness (QED) is 0.188. The molecule has 0 saturated heterocycles. The van der Waals surface area contributed by atoms with E-state index in [1.54, 1.807) is 30.3 Å². The van der Waals surface area contributed by atoms with Gasteiger partial charge in [-0.05, 0) is 65.1 Å². The number of oxazole rings is 1. The van der Waals surface area contributed by atoms with E-state index >= 15 is 0 Å². The summed E-state index contributed by atoms with van der Waals surface area (Å²) in [4.78, 5) is 27.2. The molecule has 0 unspecified atom stereocenters. The summed E-state index contributed by atoms with van der Waals surface area (Å²) in [6, 6.07) is 16.4. The molecule has 0 atom stereocenters. The predicted octanol–water partition coefficient (Wildman–Crippen LogP) is 5.68. The molecule has 0 saturated carbocycles. The van der Waals surface area contributed by atoms with Crippen LogP contribution in [0.2, 0.25) is 5.02 Å². The first-order valence-electron chi connectivity index (χ1n) is 8.93. The molecular formula is C21H13ClIN3O5. The van der Waals surface area contributed by atoms with E-state index in [0.717, 1.165) is 3.57 Å². The van der Waals surface area contributed by atoms with Crippen LogP contribution >= 0.6 is 34.2 Å². The number of halogens is 2. The summed E-state index contributed by atoms with van der Waals surface area (Å²) in [6.45, 7) is -0.384. The molecule has 0 spiro atoms. The summed E-state index contributed by atoms with van der Waals surface area (Å²) in [7, 11) is 0. The van der Waals surface area contributed by atoms with Gasteiger partial charge < -0.3 is 14.5 Å². The summed E-state index contributed by atoms with van der Waals surface area (Å²) < 4.78 is 12.1. The number of nitrogens with one attached hydrogen (secondary N) is 1. The molecule has 156 valence electrons. The minimum Gasteiger partial charge on any atom is -0.477 e. The summed E-state index contributed by atoms with van der Waals surface area (Å²) in [5, 5.41) is 14.2. The van der Waals surface area contributed by atoms with E-state index in [4.69, 9.17) is 20.8 Å². The Balaban J connectivity index is 1.48. The molecule has 0 radical (unpaired) electrons. The maximum Gasteiger partial charge on any atom is 0.310 e. The van der Waals surface area contributed by atoms with Gasteiger partial charge in [-0.1, -0.05) is 23.7 Å². The van der Waals surface area contributed by atoms with Gasteiger partial charge >= 0.3 is 5.69 Å². The standard InChI is InChI=1S/C21H13ClIN3O5/c22-15-7-5-12(23)9-14(15)21-25-16-10-13(6-8-18(16)31-21)24-20(27)11-30-19-4-2-1-3-17(19)26(28)29/h1-10H,11H2,(H,24,27). The van der Waals surface area contributed by atoms with E-state index < -0.39 is 10.8 Å². The number of rotatable bonds is 6. The monoisotopic (exact) mass is 549 g/mol. The maximum absolute atomic E-state index is 12.2. The zero-order valence-electron chi connectivity index (χ0n) is 15.7. The molecule has 0 aliphatic carbocycles. The van der Waals surface area contributed by atoms with Crippen molar-refractivity contribution in [3.05, 3.63) is 79.4 Å². The van der Waals surface area contributed by atoms with Crippen molar-refractivity contribution in [2.75, 3.05) is 11.9 Å². The molecule has 1 amide bonds. The molecule has 0 bridgehead atoms. The van der Waals surface area contributed by atoms with Crippen LogP contribution in [-0.2, 0) is 4.79 Å². The Kier molecular flexibility index (Phi) is 6.05. The number of aromatic nitrogens is 1. The molecule has 3 aromatic carbocycles. The number of benzene rings is 3. The van der Waals surface area contributed by atoms with Gasteiger partial charge in [-0.15, -0.1) is 0 Å². The fourth-order valence-corrected chi connectivity index (χ4v) is 3.54. The number of nitro benzene ring substituents is 1. The molecule has 0 aliphatic rings. The van der Waals surface area contributed by atoms with Crippen LogP contribution in [0.4, 0.5) is 11.4 Å². The van der Waals surface area contributed by atoms with Crippen LogP contribution in [-0.4, -0.2) is 22.4 Å². The number of nitrogens with zero attached hydrogens (tertiary/aromatic N) is 2. The lowest BCUT2D eigenvalue weighted by atomic mass is 10.2. The van der Waals surface area contributed by atoms with Crippen LogP contribution in [0.1, 0.15) is 0 Å². The Hall–Kier alpha value is -3.18. The molecule has 8 nitrogen and oxygen atoms in total. The Labute approximate surface area is 194 Å². The van der Waals surface area contributed by atoms with Crippen molar-refractivity contribution in [1.82, 2.24) is 4.98 Å². The molecule has 10 heteroatoms. The molecule has 1 heterocycles. The maximum atomic E-state index is 12.2. The van der Waals surface area contributed by atoms with Gasteiger partial charge in [0.05, 0.1) is 15.5 Å². The van der Waals surface area contributed by atoms with E-state index in [1.165, 1.54) is 18.2 Å². The SMILES string of the molecule is O=C(COc1ccccc1[N+](=O)[O-])Nc1ccc2oc(-c3cc(I)ccc3Cl)nc2c1. The molecular weight excluding hydrogens is 537 g/mol. The third-order valence-electron chi connectivity index (χ3n) is 4.25. The third kappa shape index (κ3) is 4.78. The van der Waals surface area contributed by atoms with Crippen LogP contribution < -0.4 is 10.1 Å². The molecule has 4 rings (SSSR count). The fraction of sp³-hybridized carbons (Fsp3) is 0.0476. The number of amides is 1. The van der Waals surface area contributed by atoms with Crippen molar-refractivity contribution in [2.45, 2.75) is 0 Å². The van der Waals surface area contributed by atoms with Gasteiger partial charge in [0.25, 0.3) is 5.91 Å². The van der Waals surface area contributed by atoms with Crippen LogP contribution in [0.3, 0.4) is 0 Å². The number of carbonyl (C=O) groups is 1.